The van der Waals surface area contributed by atoms with E-state index in [1.807, 2.05) is 11.0 Å². The van der Waals surface area contributed by atoms with Gasteiger partial charge in [-0.2, -0.15) is 0 Å². The lowest BCUT2D eigenvalue weighted by atomic mass is 10.1. The third kappa shape index (κ3) is 2.53. The molecule has 1 unspecified atom stereocenters. The normalized spacial score (nSPS) is 23.7. The molecule has 2 aliphatic rings. The van der Waals surface area contributed by atoms with Crippen LogP contribution >= 0.6 is 0 Å². The van der Waals surface area contributed by atoms with Crippen LogP contribution in [0.5, 0.6) is 0 Å². The molecule has 1 aromatic rings. The number of piperazine rings is 1. The van der Waals surface area contributed by atoms with Crippen molar-refractivity contribution in [3.63, 3.8) is 0 Å². The first kappa shape index (κ1) is 12.3. The fourth-order valence-electron chi connectivity index (χ4n) is 2.85. The van der Waals surface area contributed by atoms with Crippen molar-refractivity contribution in [2.24, 2.45) is 0 Å². The second-order valence-corrected chi connectivity index (χ2v) is 4.99. The van der Waals surface area contributed by atoms with Crippen LogP contribution in [0.15, 0.2) is 18.6 Å². The van der Waals surface area contributed by atoms with Crippen molar-refractivity contribution in [2.45, 2.75) is 18.9 Å². The van der Waals surface area contributed by atoms with Crippen LogP contribution in [-0.2, 0) is 4.79 Å². The molecule has 6 heteroatoms. The Morgan fingerprint density at radius 2 is 2.16 bits per heavy atom. The molecule has 6 nitrogen and oxygen atoms in total. The van der Waals surface area contributed by atoms with Gasteiger partial charge in [0.1, 0.15) is 18.2 Å². The first-order valence-corrected chi connectivity index (χ1v) is 6.88. The number of aromatic nitrogens is 2. The van der Waals surface area contributed by atoms with Crippen molar-refractivity contribution in [3.8, 4) is 0 Å². The van der Waals surface area contributed by atoms with Gasteiger partial charge in [0, 0.05) is 38.9 Å². The molecular weight excluding hydrogens is 242 g/mol. The highest BCUT2D eigenvalue weighted by molar-refractivity contribution is 5.85. The van der Waals surface area contributed by atoms with Crippen molar-refractivity contribution in [1.82, 2.24) is 20.2 Å². The minimum atomic E-state index is -0.0481. The average molecular weight is 261 g/mol. The summed E-state index contributed by atoms with van der Waals surface area (Å²) < 4.78 is 0. The van der Waals surface area contributed by atoms with E-state index in [0.717, 1.165) is 51.4 Å². The number of hydrogen-bond donors (Lipinski definition) is 1. The predicted molar refractivity (Wildman–Crippen MR) is 71.8 cm³/mol. The van der Waals surface area contributed by atoms with Gasteiger partial charge in [-0.15, -0.1) is 0 Å². The Kier molecular flexibility index (Phi) is 3.59. The number of rotatable bonds is 2. The van der Waals surface area contributed by atoms with Crippen molar-refractivity contribution in [1.29, 1.82) is 0 Å². The Hall–Kier alpha value is -1.69. The van der Waals surface area contributed by atoms with Crippen LogP contribution in [0.3, 0.4) is 0 Å². The Balaban J connectivity index is 1.74. The van der Waals surface area contributed by atoms with E-state index in [-0.39, 0.29) is 11.9 Å². The number of nitrogens with one attached hydrogen (secondary N) is 1. The van der Waals surface area contributed by atoms with Gasteiger partial charge in [-0.1, -0.05) is 0 Å². The summed E-state index contributed by atoms with van der Waals surface area (Å²) in [5.41, 5.74) is 0. The largest absolute Gasteiger partial charge is 0.344 e. The summed E-state index contributed by atoms with van der Waals surface area (Å²) in [6.07, 6.45) is 5.24. The molecule has 1 amide bonds. The van der Waals surface area contributed by atoms with E-state index in [9.17, 15) is 4.79 Å². The highest BCUT2D eigenvalue weighted by Gasteiger charge is 2.34. The Labute approximate surface area is 112 Å². The molecule has 0 bridgehead atoms. The van der Waals surface area contributed by atoms with E-state index in [1.165, 1.54) is 0 Å². The van der Waals surface area contributed by atoms with E-state index in [0.29, 0.717) is 0 Å². The lowest BCUT2D eigenvalue weighted by molar-refractivity contribution is -0.133. The fourth-order valence-corrected chi connectivity index (χ4v) is 2.85. The zero-order valence-corrected chi connectivity index (χ0v) is 11.0. The molecule has 1 N–H and O–H groups in total. The van der Waals surface area contributed by atoms with Gasteiger partial charge in [0.25, 0.3) is 0 Å². The molecule has 19 heavy (non-hydrogen) atoms. The SMILES string of the molecule is O=C(C1CCCN1c1ccncn1)N1CCNCC1. The topological polar surface area (TPSA) is 61.4 Å². The van der Waals surface area contributed by atoms with Crippen LogP contribution in [-0.4, -0.2) is 59.5 Å². The highest BCUT2D eigenvalue weighted by atomic mass is 16.2. The van der Waals surface area contributed by atoms with Crippen LogP contribution in [0.2, 0.25) is 0 Å². The van der Waals surface area contributed by atoms with Crippen LogP contribution in [0, 0.1) is 0 Å². The monoisotopic (exact) mass is 261 g/mol. The highest BCUT2D eigenvalue weighted by Crippen LogP contribution is 2.24. The number of hydrogen-bond acceptors (Lipinski definition) is 5. The summed E-state index contributed by atoms with van der Waals surface area (Å²) in [4.78, 5) is 24.9. The summed E-state index contributed by atoms with van der Waals surface area (Å²) >= 11 is 0. The number of nitrogens with zero attached hydrogens (tertiary/aromatic N) is 4. The number of anilines is 1. The van der Waals surface area contributed by atoms with Gasteiger partial charge in [0.2, 0.25) is 5.91 Å². The van der Waals surface area contributed by atoms with Gasteiger partial charge >= 0.3 is 0 Å². The molecule has 3 rings (SSSR count). The first-order valence-electron chi connectivity index (χ1n) is 6.88. The summed E-state index contributed by atoms with van der Waals surface area (Å²) in [7, 11) is 0. The summed E-state index contributed by atoms with van der Waals surface area (Å²) in [5, 5.41) is 3.27. The molecule has 1 aromatic heterocycles. The molecule has 3 heterocycles. The maximum absolute atomic E-state index is 12.6. The van der Waals surface area contributed by atoms with Crippen molar-refractivity contribution in [2.75, 3.05) is 37.6 Å². The lowest BCUT2D eigenvalue weighted by Crippen LogP contribution is -2.52. The minimum absolute atomic E-state index is 0.0481. The molecule has 2 saturated heterocycles. The van der Waals surface area contributed by atoms with E-state index < -0.39 is 0 Å². The van der Waals surface area contributed by atoms with Crippen LogP contribution < -0.4 is 10.2 Å². The molecule has 2 aliphatic heterocycles. The van der Waals surface area contributed by atoms with E-state index in [1.54, 1.807) is 12.5 Å². The third-order valence-corrected chi connectivity index (χ3v) is 3.83. The number of carbonyl (C=O) groups excluding carboxylic acids is 1. The summed E-state index contributed by atoms with van der Waals surface area (Å²) in [6, 6.07) is 1.83. The second-order valence-electron chi connectivity index (χ2n) is 4.99. The number of amides is 1. The smallest absolute Gasteiger partial charge is 0.245 e. The maximum Gasteiger partial charge on any atom is 0.245 e. The standard InChI is InChI=1S/C13H19N5O/c19-13(17-8-5-14-6-9-17)11-2-1-7-18(11)12-3-4-15-10-16-12/h3-4,10-11,14H,1-2,5-9H2. The Bertz CT molecular complexity index is 432. The van der Waals surface area contributed by atoms with Gasteiger partial charge in [-0.3, -0.25) is 4.79 Å². The van der Waals surface area contributed by atoms with Gasteiger partial charge in [0.15, 0.2) is 0 Å². The fraction of sp³-hybridized carbons (Fsp3) is 0.615. The zero-order valence-electron chi connectivity index (χ0n) is 11.0. The van der Waals surface area contributed by atoms with Crippen molar-refractivity contribution >= 4 is 11.7 Å². The molecule has 0 aromatic carbocycles. The maximum atomic E-state index is 12.6. The van der Waals surface area contributed by atoms with Gasteiger partial charge < -0.3 is 15.1 Å². The van der Waals surface area contributed by atoms with Crippen molar-refractivity contribution < 1.29 is 4.79 Å². The van der Waals surface area contributed by atoms with Crippen LogP contribution in [0.25, 0.3) is 0 Å². The predicted octanol–water partition coefficient (Wildman–Crippen LogP) is -0.123. The minimum Gasteiger partial charge on any atom is -0.344 e. The average Bonchev–Trinajstić information content (AvgIpc) is 2.98. The molecule has 0 radical (unpaired) electrons. The zero-order chi connectivity index (χ0) is 13.1. The van der Waals surface area contributed by atoms with E-state index in [4.69, 9.17) is 0 Å². The molecular formula is C13H19N5O. The summed E-state index contributed by atoms with van der Waals surface area (Å²) in [6.45, 7) is 4.32. The molecule has 0 saturated carbocycles. The second kappa shape index (κ2) is 5.52. The molecule has 0 spiro atoms. The first-order chi connectivity index (χ1) is 9.36. The number of carbonyl (C=O) groups is 1. The van der Waals surface area contributed by atoms with Crippen molar-refractivity contribution in [3.05, 3.63) is 18.6 Å². The summed E-state index contributed by atoms with van der Waals surface area (Å²) in [5.74, 6) is 1.11. The van der Waals surface area contributed by atoms with E-state index in [2.05, 4.69) is 20.2 Å². The van der Waals surface area contributed by atoms with E-state index >= 15 is 0 Å². The lowest BCUT2D eigenvalue weighted by Gasteiger charge is -2.33. The van der Waals surface area contributed by atoms with Crippen LogP contribution in [0.1, 0.15) is 12.8 Å². The van der Waals surface area contributed by atoms with Crippen LogP contribution in [0.4, 0.5) is 5.82 Å². The van der Waals surface area contributed by atoms with Gasteiger partial charge in [-0.05, 0) is 18.9 Å². The molecule has 0 aliphatic carbocycles. The Morgan fingerprint density at radius 3 is 2.89 bits per heavy atom. The van der Waals surface area contributed by atoms with Gasteiger partial charge in [-0.25, -0.2) is 9.97 Å². The third-order valence-electron chi connectivity index (χ3n) is 3.83. The Morgan fingerprint density at radius 1 is 1.32 bits per heavy atom. The van der Waals surface area contributed by atoms with Gasteiger partial charge in [0.05, 0.1) is 0 Å². The quantitative estimate of drug-likeness (QED) is 0.804. The molecule has 2 fully saturated rings. The molecule has 102 valence electrons. The molecule has 1 atom stereocenters.